The first-order valence-corrected chi connectivity index (χ1v) is 12.4. The number of hydrogen-bond donors (Lipinski definition) is 0. The van der Waals surface area contributed by atoms with Crippen molar-refractivity contribution in [2.45, 2.75) is 22.6 Å². The summed E-state index contributed by atoms with van der Waals surface area (Å²) in [6, 6.07) is 21.4. The molecule has 0 amide bonds. The summed E-state index contributed by atoms with van der Waals surface area (Å²) < 4.78 is 57.7. The van der Waals surface area contributed by atoms with Gasteiger partial charge in [-0.2, -0.15) is 12.7 Å². The molecule has 156 valence electrons. The molecule has 0 bridgehead atoms. The van der Waals surface area contributed by atoms with E-state index in [1.165, 1.54) is 28.6 Å². The van der Waals surface area contributed by atoms with Gasteiger partial charge in [-0.1, -0.05) is 48.5 Å². The van der Waals surface area contributed by atoms with Gasteiger partial charge in [-0.3, -0.25) is 0 Å². The second-order valence-corrected chi connectivity index (χ2v) is 10.5. The van der Waals surface area contributed by atoms with Gasteiger partial charge in [0.15, 0.2) is 5.75 Å². The van der Waals surface area contributed by atoms with Gasteiger partial charge in [0.05, 0.1) is 4.90 Å². The van der Waals surface area contributed by atoms with Gasteiger partial charge in [0.2, 0.25) is 10.0 Å². The van der Waals surface area contributed by atoms with E-state index < -0.39 is 20.1 Å². The van der Waals surface area contributed by atoms with E-state index in [1.807, 2.05) is 30.3 Å². The van der Waals surface area contributed by atoms with Crippen LogP contribution >= 0.6 is 0 Å². The Balaban J connectivity index is 1.61. The normalized spacial score (nSPS) is 15.2. The fourth-order valence-electron chi connectivity index (χ4n) is 3.42. The summed E-state index contributed by atoms with van der Waals surface area (Å²) in [7, 11) is -7.74. The van der Waals surface area contributed by atoms with Crippen LogP contribution in [0.4, 0.5) is 0 Å². The van der Waals surface area contributed by atoms with Gasteiger partial charge in [0.1, 0.15) is 4.90 Å². The molecule has 1 saturated heterocycles. The standard InChI is InChI=1S/C22H21NO5S2/c24-29(25,23-16-6-7-17-23)19-12-14-20(15-13-19)30(26,27)28-22-11-5-4-10-21(22)18-8-2-1-3-9-18/h1-5,8-15H,6-7,16-17H2. The minimum atomic E-state index is -4.13. The summed E-state index contributed by atoms with van der Waals surface area (Å²) in [5, 5.41) is 0. The van der Waals surface area contributed by atoms with Gasteiger partial charge in [-0.05, 0) is 48.7 Å². The van der Waals surface area contributed by atoms with Gasteiger partial charge in [-0.25, -0.2) is 8.42 Å². The third kappa shape index (κ3) is 4.12. The lowest BCUT2D eigenvalue weighted by molar-refractivity contribution is 0.476. The van der Waals surface area contributed by atoms with Crippen LogP contribution in [-0.2, 0) is 20.1 Å². The summed E-state index contributed by atoms with van der Waals surface area (Å²) >= 11 is 0. The first-order chi connectivity index (χ1) is 14.4. The molecule has 0 atom stereocenters. The molecule has 1 aliphatic rings. The Labute approximate surface area is 176 Å². The number of benzene rings is 3. The van der Waals surface area contributed by atoms with E-state index >= 15 is 0 Å². The zero-order chi connectivity index (χ0) is 21.2. The third-order valence-corrected chi connectivity index (χ3v) is 8.15. The Kier molecular flexibility index (Phi) is 5.64. The van der Waals surface area contributed by atoms with Crippen LogP contribution in [0.25, 0.3) is 11.1 Å². The first kappa shape index (κ1) is 20.6. The highest BCUT2D eigenvalue weighted by Gasteiger charge is 2.28. The van der Waals surface area contributed by atoms with Crippen molar-refractivity contribution in [3.8, 4) is 16.9 Å². The molecule has 30 heavy (non-hydrogen) atoms. The molecule has 1 fully saturated rings. The van der Waals surface area contributed by atoms with Crippen LogP contribution in [0.3, 0.4) is 0 Å². The maximum atomic E-state index is 12.8. The molecule has 1 heterocycles. The molecule has 4 rings (SSSR count). The predicted molar refractivity (Wildman–Crippen MR) is 114 cm³/mol. The number of hydrogen-bond acceptors (Lipinski definition) is 5. The maximum absolute atomic E-state index is 12.8. The molecule has 0 saturated carbocycles. The van der Waals surface area contributed by atoms with Crippen molar-refractivity contribution in [1.82, 2.24) is 4.31 Å². The van der Waals surface area contributed by atoms with Crippen molar-refractivity contribution in [3.05, 3.63) is 78.9 Å². The van der Waals surface area contributed by atoms with Crippen LogP contribution in [-0.4, -0.2) is 34.2 Å². The molecule has 0 radical (unpaired) electrons. The Hall–Kier alpha value is -2.68. The molecule has 0 aromatic heterocycles. The highest BCUT2D eigenvalue weighted by atomic mass is 32.2. The average Bonchev–Trinajstić information content (AvgIpc) is 3.31. The SMILES string of the molecule is O=S(=O)(Oc1ccccc1-c1ccccc1)c1ccc(S(=O)(=O)N2CCCC2)cc1. The van der Waals surface area contributed by atoms with Crippen LogP contribution in [0.5, 0.6) is 5.75 Å². The van der Waals surface area contributed by atoms with Crippen LogP contribution in [0.2, 0.25) is 0 Å². The fraction of sp³-hybridized carbons (Fsp3) is 0.182. The molecule has 0 spiro atoms. The number of sulfonamides is 1. The lowest BCUT2D eigenvalue weighted by Crippen LogP contribution is -2.27. The smallest absolute Gasteiger partial charge is 0.339 e. The zero-order valence-corrected chi connectivity index (χ0v) is 17.8. The zero-order valence-electron chi connectivity index (χ0n) is 16.1. The summed E-state index contributed by atoms with van der Waals surface area (Å²) in [6.07, 6.45) is 1.67. The highest BCUT2D eigenvalue weighted by Crippen LogP contribution is 2.32. The van der Waals surface area contributed by atoms with Crippen molar-refractivity contribution >= 4 is 20.1 Å². The van der Waals surface area contributed by atoms with Crippen LogP contribution in [0.1, 0.15) is 12.8 Å². The average molecular weight is 444 g/mol. The second kappa shape index (κ2) is 8.22. The van der Waals surface area contributed by atoms with Gasteiger partial charge >= 0.3 is 10.1 Å². The minimum absolute atomic E-state index is 0.0769. The molecule has 0 aliphatic carbocycles. The number of rotatable bonds is 6. The summed E-state index contributed by atoms with van der Waals surface area (Å²) in [5.41, 5.74) is 1.48. The van der Waals surface area contributed by atoms with E-state index in [1.54, 1.807) is 24.3 Å². The van der Waals surface area contributed by atoms with Crippen molar-refractivity contribution < 1.29 is 21.0 Å². The number of para-hydroxylation sites is 1. The summed E-state index contributed by atoms with van der Waals surface area (Å²) in [4.78, 5) is -0.0289. The van der Waals surface area contributed by atoms with E-state index in [0.717, 1.165) is 18.4 Å². The fourth-order valence-corrected chi connectivity index (χ4v) is 5.88. The Morgan fingerprint density at radius 1 is 0.667 bits per heavy atom. The molecule has 8 heteroatoms. The highest BCUT2D eigenvalue weighted by molar-refractivity contribution is 7.89. The van der Waals surface area contributed by atoms with E-state index in [4.69, 9.17) is 4.18 Å². The lowest BCUT2D eigenvalue weighted by Gasteiger charge is -2.16. The molecular weight excluding hydrogens is 422 g/mol. The van der Waals surface area contributed by atoms with Gasteiger partial charge in [0.25, 0.3) is 0 Å². The lowest BCUT2D eigenvalue weighted by atomic mass is 10.1. The third-order valence-electron chi connectivity index (χ3n) is 4.99. The largest absolute Gasteiger partial charge is 0.378 e. The molecule has 0 unspecified atom stereocenters. The maximum Gasteiger partial charge on any atom is 0.339 e. The quantitative estimate of drug-likeness (QED) is 0.540. The Morgan fingerprint density at radius 2 is 1.23 bits per heavy atom. The van der Waals surface area contributed by atoms with E-state index in [0.29, 0.717) is 18.7 Å². The van der Waals surface area contributed by atoms with Crippen LogP contribution < -0.4 is 4.18 Å². The Morgan fingerprint density at radius 3 is 1.90 bits per heavy atom. The van der Waals surface area contributed by atoms with Crippen molar-refractivity contribution in [3.63, 3.8) is 0 Å². The number of nitrogens with zero attached hydrogens (tertiary/aromatic N) is 1. The second-order valence-electron chi connectivity index (χ2n) is 6.98. The monoisotopic (exact) mass is 443 g/mol. The van der Waals surface area contributed by atoms with Crippen LogP contribution in [0.15, 0.2) is 88.7 Å². The van der Waals surface area contributed by atoms with Crippen molar-refractivity contribution in [1.29, 1.82) is 0 Å². The Bertz CT molecular complexity index is 1230. The van der Waals surface area contributed by atoms with Gasteiger partial charge in [-0.15, -0.1) is 0 Å². The van der Waals surface area contributed by atoms with Crippen LogP contribution in [0, 0.1) is 0 Å². The molecular formula is C22H21NO5S2. The van der Waals surface area contributed by atoms with Crippen molar-refractivity contribution in [2.75, 3.05) is 13.1 Å². The molecule has 1 aliphatic heterocycles. The molecule has 0 N–H and O–H groups in total. The predicted octanol–water partition coefficient (Wildman–Crippen LogP) is 3.91. The van der Waals surface area contributed by atoms with Gasteiger partial charge < -0.3 is 4.18 Å². The van der Waals surface area contributed by atoms with E-state index in [-0.39, 0.29) is 15.5 Å². The summed E-state index contributed by atoms with van der Waals surface area (Å²) in [5.74, 6) is 0.206. The molecule has 6 nitrogen and oxygen atoms in total. The summed E-state index contributed by atoms with van der Waals surface area (Å²) in [6.45, 7) is 0.976. The molecule has 3 aromatic carbocycles. The van der Waals surface area contributed by atoms with Gasteiger partial charge in [0, 0.05) is 18.7 Å². The minimum Gasteiger partial charge on any atom is -0.378 e. The van der Waals surface area contributed by atoms with E-state index in [2.05, 4.69) is 0 Å². The molecule has 3 aromatic rings. The first-order valence-electron chi connectivity index (χ1n) is 9.57. The van der Waals surface area contributed by atoms with E-state index in [9.17, 15) is 16.8 Å². The van der Waals surface area contributed by atoms with Crippen molar-refractivity contribution in [2.24, 2.45) is 0 Å². The topological polar surface area (TPSA) is 80.8 Å².